The maximum Gasteiger partial charge on any atom is 0.220 e. The predicted octanol–water partition coefficient (Wildman–Crippen LogP) is 4.89. The number of hydrogen-bond donors (Lipinski definition) is 1. The molecule has 154 valence electrons. The highest BCUT2D eigenvalue weighted by molar-refractivity contribution is 5.80. The van der Waals surface area contributed by atoms with Crippen LogP contribution < -0.4 is 10.4 Å². The summed E-state index contributed by atoms with van der Waals surface area (Å²) in [6.07, 6.45) is 22.8. The molecule has 1 amide bonds. The topological polar surface area (TPSA) is 69.2 Å². The van der Waals surface area contributed by atoms with Crippen molar-refractivity contribution in [1.29, 1.82) is 0 Å². The standard InChI is InChI=1S/C22H43NO3/c1-2-3-4-5-6-7-8-9-10-11-12-13-14-15-16-17-18-19-21(24)23-20-22(25)26/h2-20H2,1H3,(H,23,24)(H,25,26)/p-1. The molecular formula is C22H42NO3-. The normalized spacial score (nSPS) is 10.8. The summed E-state index contributed by atoms with van der Waals surface area (Å²) in [4.78, 5) is 21.5. The molecule has 0 fully saturated rings. The van der Waals surface area contributed by atoms with Crippen LogP contribution in [0.3, 0.4) is 0 Å². The summed E-state index contributed by atoms with van der Waals surface area (Å²) in [5.41, 5.74) is 0. The highest BCUT2D eigenvalue weighted by atomic mass is 16.4. The van der Waals surface area contributed by atoms with Crippen molar-refractivity contribution in [3.63, 3.8) is 0 Å². The molecule has 0 bridgehead atoms. The van der Waals surface area contributed by atoms with E-state index in [0.717, 1.165) is 12.8 Å². The van der Waals surface area contributed by atoms with E-state index >= 15 is 0 Å². The first kappa shape index (κ1) is 24.9. The van der Waals surface area contributed by atoms with Crippen LogP contribution in [0.4, 0.5) is 0 Å². The second kappa shape index (κ2) is 20.3. The number of carbonyl (C=O) groups is 2. The van der Waals surface area contributed by atoms with Crippen molar-refractivity contribution in [2.45, 2.75) is 122 Å². The molecule has 4 heteroatoms. The molecule has 0 heterocycles. The molecule has 0 rings (SSSR count). The van der Waals surface area contributed by atoms with Crippen molar-refractivity contribution in [2.75, 3.05) is 6.54 Å². The van der Waals surface area contributed by atoms with Crippen molar-refractivity contribution in [1.82, 2.24) is 5.32 Å². The SMILES string of the molecule is CCCCCCCCCCCCCCCCCCCC(=O)NCC(=O)[O-]. The van der Waals surface area contributed by atoms with Crippen LogP contribution in [0.25, 0.3) is 0 Å². The Hall–Kier alpha value is -1.06. The first-order valence-corrected chi connectivity index (χ1v) is 11.1. The molecule has 0 unspecified atom stereocenters. The van der Waals surface area contributed by atoms with E-state index in [1.807, 2.05) is 0 Å². The molecule has 26 heavy (non-hydrogen) atoms. The molecule has 0 saturated carbocycles. The van der Waals surface area contributed by atoms with Crippen LogP contribution in [-0.4, -0.2) is 18.4 Å². The average Bonchev–Trinajstić information content (AvgIpc) is 2.62. The molecule has 0 aliphatic heterocycles. The number of carboxylic acids is 1. The van der Waals surface area contributed by atoms with Crippen LogP contribution in [0.2, 0.25) is 0 Å². The molecule has 1 N–H and O–H groups in total. The molecule has 0 aromatic carbocycles. The summed E-state index contributed by atoms with van der Waals surface area (Å²) >= 11 is 0. The molecule has 4 nitrogen and oxygen atoms in total. The molecular weight excluding hydrogens is 326 g/mol. The Morgan fingerprint density at radius 1 is 0.615 bits per heavy atom. The summed E-state index contributed by atoms with van der Waals surface area (Å²) in [7, 11) is 0. The molecule has 0 atom stereocenters. The lowest BCUT2D eigenvalue weighted by Gasteiger charge is -2.05. The van der Waals surface area contributed by atoms with Gasteiger partial charge in [-0.3, -0.25) is 4.79 Å². The Labute approximate surface area is 161 Å². The molecule has 0 aromatic rings. The van der Waals surface area contributed by atoms with Crippen molar-refractivity contribution in [3.05, 3.63) is 0 Å². The Morgan fingerprint density at radius 2 is 0.962 bits per heavy atom. The second-order valence-corrected chi connectivity index (χ2v) is 7.56. The van der Waals surface area contributed by atoms with Crippen LogP contribution in [0.15, 0.2) is 0 Å². The van der Waals surface area contributed by atoms with Gasteiger partial charge in [-0.25, -0.2) is 0 Å². The van der Waals surface area contributed by atoms with Crippen molar-refractivity contribution in [2.24, 2.45) is 0 Å². The predicted molar refractivity (Wildman–Crippen MR) is 107 cm³/mol. The van der Waals surface area contributed by atoms with Crippen LogP contribution in [0, 0.1) is 0 Å². The number of hydrogen-bond acceptors (Lipinski definition) is 3. The van der Waals surface area contributed by atoms with Gasteiger partial charge in [-0.2, -0.15) is 0 Å². The summed E-state index contributed by atoms with van der Waals surface area (Å²) in [6.45, 7) is 1.89. The van der Waals surface area contributed by atoms with Gasteiger partial charge in [0.1, 0.15) is 0 Å². The zero-order chi connectivity index (χ0) is 19.3. The molecule has 0 aliphatic carbocycles. The summed E-state index contributed by atoms with van der Waals surface area (Å²) in [6, 6.07) is 0. The highest BCUT2D eigenvalue weighted by Crippen LogP contribution is 2.14. The van der Waals surface area contributed by atoms with Gasteiger partial charge >= 0.3 is 0 Å². The van der Waals surface area contributed by atoms with E-state index in [1.165, 1.54) is 96.3 Å². The quantitative estimate of drug-likeness (QED) is 0.311. The zero-order valence-corrected chi connectivity index (χ0v) is 17.2. The largest absolute Gasteiger partial charge is 0.548 e. The molecule has 0 aliphatic rings. The first-order valence-electron chi connectivity index (χ1n) is 11.1. The van der Waals surface area contributed by atoms with Gasteiger partial charge in [0.2, 0.25) is 5.91 Å². The van der Waals surface area contributed by atoms with Crippen molar-refractivity contribution >= 4 is 11.9 Å². The fourth-order valence-corrected chi connectivity index (χ4v) is 3.27. The van der Waals surface area contributed by atoms with E-state index in [4.69, 9.17) is 0 Å². The van der Waals surface area contributed by atoms with Gasteiger partial charge in [-0.05, 0) is 6.42 Å². The number of carbonyl (C=O) groups excluding carboxylic acids is 2. The van der Waals surface area contributed by atoms with E-state index in [0.29, 0.717) is 6.42 Å². The van der Waals surface area contributed by atoms with E-state index in [2.05, 4.69) is 12.2 Å². The van der Waals surface area contributed by atoms with Crippen molar-refractivity contribution < 1.29 is 14.7 Å². The second-order valence-electron chi connectivity index (χ2n) is 7.56. The maximum absolute atomic E-state index is 11.3. The number of carboxylic acid groups (broad SMARTS) is 1. The minimum Gasteiger partial charge on any atom is -0.548 e. The third kappa shape index (κ3) is 21.0. The Kier molecular flexibility index (Phi) is 19.4. The molecule has 0 aromatic heterocycles. The number of aliphatic carboxylic acids is 1. The minimum atomic E-state index is -1.24. The fraction of sp³-hybridized carbons (Fsp3) is 0.909. The summed E-state index contributed by atoms with van der Waals surface area (Å²) < 4.78 is 0. The first-order chi connectivity index (χ1) is 12.7. The highest BCUT2D eigenvalue weighted by Gasteiger charge is 2.00. The van der Waals surface area contributed by atoms with Gasteiger partial charge in [0, 0.05) is 6.42 Å². The van der Waals surface area contributed by atoms with Crippen LogP contribution in [-0.2, 0) is 9.59 Å². The smallest absolute Gasteiger partial charge is 0.220 e. The fourth-order valence-electron chi connectivity index (χ4n) is 3.27. The number of amides is 1. The van der Waals surface area contributed by atoms with Gasteiger partial charge in [0.05, 0.1) is 12.5 Å². The third-order valence-electron chi connectivity index (χ3n) is 4.94. The number of nitrogens with one attached hydrogen (secondary N) is 1. The zero-order valence-electron chi connectivity index (χ0n) is 17.2. The lowest BCUT2D eigenvalue weighted by atomic mass is 10.0. The Bertz CT molecular complexity index is 331. The monoisotopic (exact) mass is 368 g/mol. The van der Waals surface area contributed by atoms with E-state index in [1.54, 1.807) is 0 Å². The van der Waals surface area contributed by atoms with Crippen LogP contribution in [0.5, 0.6) is 0 Å². The Balaban J connectivity index is 3.09. The van der Waals surface area contributed by atoms with Crippen molar-refractivity contribution in [3.8, 4) is 0 Å². The molecule has 0 saturated heterocycles. The Morgan fingerprint density at radius 3 is 1.31 bits per heavy atom. The number of unbranched alkanes of at least 4 members (excludes halogenated alkanes) is 16. The minimum absolute atomic E-state index is 0.185. The van der Waals surface area contributed by atoms with Gasteiger partial charge in [0.25, 0.3) is 0 Å². The maximum atomic E-state index is 11.3. The van der Waals surface area contributed by atoms with E-state index in [9.17, 15) is 14.7 Å². The molecule has 0 radical (unpaired) electrons. The average molecular weight is 369 g/mol. The van der Waals surface area contributed by atoms with Crippen LogP contribution >= 0.6 is 0 Å². The van der Waals surface area contributed by atoms with Gasteiger partial charge in [0.15, 0.2) is 0 Å². The third-order valence-corrected chi connectivity index (χ3v) is 4.94. The molecule has 0 spiro atoms. The van der Waals surface area contributed by atoms with E-state index < -0.39 is 5.97 Å². The summed E-state index contributed by atoms with van der Waals surface area (Å²) in [5.74, 6) is -1.42. The van der Waals surface area contributed by atoms with Gasteiger partial charge < -0.3 is 15.2 Å². The van der Waals surface area contributed by atoms with Crippen LogP contribution in [0.1, 0.15) is 122 Å². The number of rotatable bonds is 20. The lowest BCUT2D eigenvalue weighted by Crippen LogP contribution is -2.37. The summed E-state index contributed by atoms with van der Waals surface area (Å²) in [5, 5.41) is 12.5. The van der Waals surface area contributed by atoms with Gasteiger partial charge in [-0.1, -0.05) is 110 Å². The van der Waals surface area contributed by atoms with Gasteiger partial charge in [-0.15, -0.1) is 0 Å². The lowest BCUT2D eigenvalue weighted by molar-refractivity contribution is -0.304. The van der Waals surface area contributed by atoms with E-state index in [-0.39, 0.29) is 12.5 Å².